The number of nitrogens with one attached hydrogen (secondary N) is 1. The Morgan fingerprint density at radius 2 is 1.88 bits per heavy atom. The Bertz CT molecular complexity index is 866. The van der Waals surface area contributed by atoms with Gasteiger partial charge in [-0.2, -0.15) is 0 Å². The average Bonchev–Trinajstić information content (AvgIpc) is 3.09. The van der Waals surface area contributed by atoms with Gasteiger partial charge in [-0.3, -0.25) is 4.79 Å². The van der Waals surface area contributed by atoms with Gasteiger partial charge in [0.15, 0.2) is 6.61 Å². The maximum Gasteiger partial charge on any atom is 0.277 e. The first kappa shape index (κ1) is 18.7. The minimum atomic E-state index is -0.133. The smallest absolute Gasteiger partial charge is 0.277 e. The van der Waals surface area contributed by atoms with Gasteiger partial charge in [0.25, 0.3) is 11.1 Å². The average molecular weight is 481 g/mol. The van der Waals surface area contributed by atoms with Crippen LogP contribution in [0.4, 0.5) is 5.69 Å². The normalized spacial score (nSPS) is 10.5. The van der Waals surface area contributed by atoms with Crippen LogP contribution in [0, 0.1) is 10.5 Å². The number of benzene rings is 2. The summed E-state index contributed by atoms with van der Waals surface area (Å²) in [5, 5.41) is 11.0. The van der Waals surface area contributed by atoms with Crippen LogP contribution in [0.5, 0.6) is 5.75 Å². The first-order valence-corrected chi connectivity index (χ1v) is 9.85. The number of aromatic nitrogens is 2. The molecule has 134 valence electrons. The fourth-order valence-electron chi connectivity index (χ4n) is 1.99. The van der Waals surface area contributed by atoms with Gasteiger partial charge < -0.3 is 14.5 Å². The molecule has 3 rings (SSSR count). The summed E-state index contributed by atoms with van der Waals surface area (Å²) in [5.74, 6) is 1.16. The van der Waals surface area contributed by atoms with E-state index in [0.717, 1.165) is 20.6 Å². The van der Waals surface area contributed by atoms with E-state index in [0.29, 0.717) is 11.1 Å². The highest BCUT2D eigenvalue weighted by Gasteiger charge is 2.10. The van der Waals surface area contributed by atoms with Crippen molar-refractivity contribution >= 4 is 45.9 Å². The van der Waals surface area contributed by atoms with Crippen molar-refractivity contribution in [3.05, 3.63) is 63.6 Å². The lowest BCUT2D eigenvalue weighted by atomic mass is 10.2. The van der Waals surface area contributed by atoms with Crippen LogP contribution >= 0.6 is 34.4 Å². The Morgan fingerprint density at radius 3 is 2.62 bits per heavy atom. The minimum absolute atomic E-state index is 0.133. The second kappa shape index (κ2) is 9.04. The summed E-state index contributed by atoms with van der Waals surface area (Å²) in [5.41, 5.74) is 1.92. The number of carbonyl (C=O) groups is 1. The van der Waals surface area contributed by atoms with E-state index in [-0.39, 0.29) is 18.3 Å². The quantitative estimate of drug-likeness (QED) is 0.401. The number of rotatable bonds is 7. The van der Waals surface area contributed by atoms with Crippen molar-refractivity contribution in [2.45, 2.75) is 18.8 Å². The molecule has 0 atom stereocenters. The number of amides is 1. The van der Waals surface area contributed by atoms with Gasteiger partial charge in [-0.15, -0.1) is 10.2 Å². The fourth-order valence-corrected chi connectivity index (χ4v) is 2.93. The summed E-state index contributed by atoms with van der Waals surface area (Å²) in [4.78, 5) is 12.0. The Hall–Kier alpha value is -2.07. The molecule has 1 amide bonds. The van der Waals surface area contributed by atoms with Crippen LogP contribution in [0.3, 0.4) is 0 Å². The Kier molecular flexibility index (Phi) is 6.51. The standard InChI is InChI=1S/C18H16IN3O3S/c1-12-2-8-15(9-3-12)24-10-17-21-22-18(25-17)26-11-16(23)20-14-6-4-13(19)5-7-14/h2-9H,10-11H2,1H3,(H,20,23). The SMILES string of the molecule is Cc1ccc(OCc2nnc(SCC(=O)Nc3ccc(I)cc3)o2)cc1. The molecule has 0 fully saturated rings. The molecule has 3 aromatic rings. The number of aryl methyl sites for hydroxylation is 1. The van der Waals surface area contributed by atoms with Crippen molar-refractivity contribution in [2.24, 2.45) is 0 Å². The Balaban J connectivity index is 1.45. The van der Waals surface area contributed by atoms with Gasteiger partial charge in [-0.05, 0) is 65.9 Å². The zero-order valence-electron chi connectivity index (χ0n) is 13.9. The maximum atomic E-state index is 12.0. The molecule has 1 heterocycles. The van der Waals surface area contributed by atoms with Gasteiger partial charge in [0.1, 0.15) is 5.75 Å². The molecule has 0 bridgehead atoms. The van der Waals surface area contributed by atoms with Crippen molar-refractivity contribution < 1.29 is 13.9 Å². The summed E-state index contributed by atoms with van der Waals surface area (Å²) >= 11 is 3.40. The molecule has 0 aliphatic rings. The summed E-state index contributed by atoms with van der Waals surface area (Å²) in [6.45, 7) is 2.20. The number of hydrogen-bond acceptors (Lipinski definition) is 6. The predicted octanol–water partition coefficient (Wildman–Crippen LogP) is 4.29. The summed E-state index contributed by atoms with van der Waals surface area (Å²) < 4.78 is 12.2. The van der Waals surface area contributed by atoms with E-state index in [1.807, 2.05) is 55.5 Å². The van der Waals surface area contributed by atoms with Gasteiger partial charge >= 0.3 is 0 Å². The second-order valence-corrected chi connectivity index (χ2v) is 7.58. The van der Waals surface area contributed by atoms with Crippen LogP contribution in [0.15, 0.2) is 58.2 Å². The third kappa shape index (κ3) is 5.73. The molecular formula is C18H16IN3O3S. The van der Waals surface area contributed by atoms with E-state index in [4.69, 9.17) is 9.15 Å². The highest BCUT2D eigenvalue weighted by atomic mass is 127. The van der Waals surface area contributed by atoms with Crippen molar-refractivity contribution in [1.29, 1.82) is 0 Å². The molecule has 0 aliphatic heterocycles. The van der Waals surface area contributed by atoms with Gasteiger partial charge in [0, 0.05) is 9.26 Å². The summed E-state index contributed by atoms with van der Waals surface area (Å²) in [6.07, 6.45) is 0. The predicted molar refractivity (Wildman–Crippen MR) is 108 cm³/mol. The Morgan fingerprint density at radius 1 is 1.15 bits per heavy atom. The fraction of sp³-hybridized carbons (Fsp3) is 0.167. The highest BCUT2D eigenvalue weighted by Crippen LogP contribution is 2.19. The van der Waals surface area contributed by atoms with Gasteiger partial charge in [-0.25, -0.2) is 0 Å². The lowest BCUT2D eigenvalue weighted by Crippen LogP contribution is -2.13. The third-order valence-electron chi connectivity index (χ3n) is 3.29. The first-order chi connectivity index (χ1) is 12.6. The van der Waals surface area contributed by atoms with E-state index in [9.17, 15) is 4.79 Å². The van der Waals surface area contributed by atoms with Crippen LogP contribution in [0.1, 0.15) is 11.5 Å². The summed E-state index contributed by atoms with van der Waals surface area (Å²) in [6, 6.07) is 15.3. The van der Waals surface area contributed by atoms with Crippen LogP contribution in [-0.2, 0) is 11.4 Å². The topological polar surface area (TPSA) is 77.2 Å². The van der Waals surface area contributed by atoms with E-state index < -0.39 is 0 Å². The van der Waals surface area contributed by atoms with Crippen molar-refractivity contribution in [3.63, 3.8) is 0 Å². The molecule has 0 aliphatic carbocycles. The number of ether oxygens (including phenoxy) is 1. The molecule has 0 saturated carbocycles. The third-order valence-corrected chi connectivity index (χ3v) is 4.82. The number of halogens is 1. The molecule has 0 spiro atoms. The lowest BCUT2D eigenvalue weighted by Gasteiger charge is -2.04. The van der Waals surface area contributed by atoms with Gasteiger partial charge in [0.05, 0.1) is 5.75 Å². The molecule has 1 aromatic heterocycles. The first-order valence-electron chi connectivity index (χ1n) is 7.78. The van der Waals surface area contributed by atoms with E-state index >= 15 is 0 Å². The monoisotopic (exact) mass is 481 g/mol. The lowest BCUT2D eigenvalue weighted by molar-refractivity contribution is -0.113. The van der Waals surface area contributed by atoms with E-state index in [2.05, 4.69) is 38.1 Å². The number of carbonyl (C=O) groups excluding carboxylic acids is 1. The van der Waals surface area contributed by atoms with Gasteiger partial charge in [0.2, 0.25) is 5.91 Å². The van der Waals surface area contributed by atoms with Crippen LogP contribution in [0.25, 0.3) is 0 Å². The van der Waals surface area contributed by atoms with Crippen molar-refractivity contribution in [3.8, 4) is 5.75 Å². The largest absolute Gasteiger partial charge is 0.484 e. The zero-order chi connectivity index (χ0) is 18.4. The van der Waals surface area contributed by atoms with Crippen LogP contribution < -0.4 is 10.1 Å². The molecule has 2 aromatic carbocycles. The molecule has 0 radical (unpaired) electrons. The Labute approximate surface area is 168 Å². The molecule has 8 heteroatoms. The molecule has 26 heavy (non-hydrogen) atoms. The zero-order valence-corrected chi connectivity index (χ0v) is 16.9. The second-order valence-electron chi connectivity index (χ2n) is 5.41. The van der Waals surface area contributed by atoms with E-state index in [1.165, 1.54) is 11.8 Å². The van der Waals surface area contributed by atoms with Crippen LogP contribution in [-0.4, -0.2) is 21.9 Å². The molecule has 6 nitrogen and oxygen atoms in total. The number of anilines is 1. The summed E-state index contributed by atoms with van der Waals surface area (Å²) in [7, 11) is 0. The minimum Gasteiger partial charge on any atom is -0.484 e. The molecular weight excluding hydrogens is 465 g/mol. The molecule has 1 N–H and O–H groups in total. The molecule has 0 unspecified atom stereocenters. The highest BCUT2D eigenvalue weighted by molar-refractivity contribution is 14.1. The van der Waals surface area contributed by atoms with E-state index in [1.54, 1.807) is 0 Å². The maximum absolute atomic E-state index is 12.0. The van der Waals surface area contributed by atoms with Crippen molar-refractivity contribution in [2.75, 3.05) is 11.1 Å². The molecule has 0 saturated heterocycles. The van der Waals surface area contributed by atoms with Crippen molar-refractivity contribution in [1.82, 2.24) is 10.2 Å². The van der Waals surface area contributed by atoms with Gasteiger partial charge in [-0.1, -0.05) is 29.5 Å². The number of hydrogen-bond donors (Lipinski definition) is 1. The number of thioether (sulfide) groups is 1. The number of nitrogens with zero attached hydrogens (tertiary/aromatic N) is 2. The van der Waals surface area contributed by atoms with Crippen LogP contribution in [0.2, 0.25) is 0 Å².